The molecular weight excluding hydrogens is 262 g/mol. The molecule has 0 aliphatic carbocycles. The van der Waals surface area contributed by atoms with Crippen LogP contribution in [0.15, 0.2) is 24.3 Å². The Morgan fingerprint density at radius 3 is 2.47 bits per heavy atom. The van der Waals surface area contributed by atoms with Crippen molar-refractivity contribution >= 4 is 17.6 Å². The van der Waals surface area contributed by atoms with Crippen LogP contribution >= 0.6 is 11.6 Å². The second-order valence-corrected chi connectivity index (χ2v) is 6.16. The van der Waals surface area contributed by atoms with Crippen molar-refractivity contribution in [3.63, 3.8) is 0 Å². The highest BCUT2D eigenvalue weighted by Gasteiger charge is 2.43. The van der Waals surface area contributed by atoms with E-state index in [1.165, 1.54) is 7.11 Å². The van der Waals surface area contributed by atoms with Gasteiger partial charge in [0.2, 0.25) is 0 Å². The smallest absolute Gasteiger partial charge is 0.313 e. The summed E-state index contributed by atoms with van der Waals surface area (Å²) in [5.74, 6) is -0.226. The molecule has 0 fully saturated rings. The number of nitrogens with one attached hydrogen (secondary N) is 1. The van der Waals surface area contributed by atoms with Crippen LogP contribution in [0.4, 0.5) is 0 Å². The Balaban J connectivity index is 2.77. The Bertz CT molecular complexity index is 455. The molecule has 1 rings (SSSR count). The summed E-state index contributed by atoms with van der Waals surface area (Å²) in [6, 6.07) is 7.67. The molecule has 0 bridgehead atoms. The van der Waals surface area contributed by atoms with Crippen molar-refractivity contribution in [2.75, 3.05) is 7.11 Å². The lowest BCUT2D eigenvalue weighted by Gasteiger charge is -2.40. The highest BCUT2D eigenvalue weighted by molar-refractivity contribution is 6.30. The Morgan fingerprint density at radius 2 is 1.95 bits per heavy atom. The van der Waals surface area contributed by atoms with Crippen molar-refractivity contribution in [3.8, 4) is 0 Å². The number of esters is 1. The third-order valence-corrected chi connectivity index (χ3v) is 4.12. The minimum absolute atomic E-state index is 0.226. The van der Waals surface area contributed by atoms with Crippen LogP contribution < -0.4 is 5.32 Å². The van der Waals surface area contributed by atoms with Gasteiger partial charge in [-0.1, -0.05) is 23.7 Å². The van der Waals surface area contributed by atoms with Crippen LogP contribution in [0.1, 0.15) is 33.3 Å². The molecule has 0 aliphatic rings. The second kappa shape index (κ2) is 5.93. The van der Waals surface area contributed by atoms with Gasteiger partial charge in [0.15, 0.2) is 0 Å². The van der Waals surface area contributed by atoms with Crippen LogP contribution in [-0.2, 0) is 16.1 Å². The fraction of sp³-hybridized carbons (Fsp3) is 0.533. The van der Waals surface area contributed by atoms with Gasteiger partial charge in [-0.15, -0.1) is 0 Å². The molecule has 1 aromatic rings. The Labute approximate surface area is 120 Å². The van der Waals surface area contributed by atoms with Crippen LogP contribution in [0.2, 0.25) is 5.02 Å². The van der Waals surface area contributed by atoms with E-state index in [9.17, 15) is 4.79 Å². The third kappa shape index (κ3) is 3.71. The van der Waals surface area contributed by atoms with E-state index in [1.807, 2.05) is 52.0 Å². The van der Waals surface area contributed by atoms with E-state index in [1.54, 1.807) is 0 Å². The lowest BCUT2D eigenvalue weighted by Crippen LogP contribution is -2.55. The molecule has 3 nitrogen and oxygen atoms in total. The van der Waals surface area contributed by atoms with Gasteiger partial charge in [0.25, 0.3) is 0 Å². The van der Waals surface area contributed by atoms with Crippen LogP contribution in [0.3, 0.4) is 0 Å². The van der Waals surface area contributed by atoms with Crippen LogP contribution in [0.25, 0.3) is 0 Å². The van der Waals surface area contributed by atoms with E-state index in [4.69, 9.17) is 16.3 Å². The van der Waals surface area contributed by atoms with Gasteiger partial charge in [-0.3, -0.25) is 4.79 Å². The molecule has 1 aromatic carbocycles. The maximum atomic E-state index is 11.9. The summed E-state index contributed by atoms with van der Waals surface area (Å²) in [4.78, 5) is 11.9. The standard InChI is InChI=1S/C15H22ClNO2/c1-14(2,13(18)19-5)15(3,4)17-10-11-7-6-8-12(16)9-11/h6-9,17H,10H2,1-5H3. The SMILES string of the molecule is COC(=O)C(C)(C)C(C)(C)NCc1cccc(Cl)c1. The summed E-state index contributed by atoms with van der Waals surface area (Å²) in [6.45, 7) is 8.39. The Kier molecular flexibility index (Phi) is 4.99. The van der Waals surface area contributed by atoms with E-state index in [0.717, 1.165) is 5.56 Å². The molecule has 19 heavy (non-hydrogen) atoms. The highest BCUT2D eigenvalue weighted by Crippen LogP contribution is 2.32. The van der Waals surface area contributed by atoms with Gasteiger partial charge in [-0.25, -0.2) is 0 Å². The quantitative estimate of drug-likeness (QED) is 0.842. The summed E-state index contributed by atoms with van der Waals surface area (Å²) < 4.78 is 4.87. The predicted molar refractivity (Wildman–Crippen MR) is 78.2 cm³/mol. The average molecular weight is 284 g/mol. The number of methoxy groups -OCH3 is 1. The topological polar surface area (TPSA) is 38.3 Å². The number of carbonyl (C=O) groups excluding carboxylic acids is 1. The lowest BCUT2D eigenvalue weighted by atomic mass is 9.74. The third-order valence-electron chi connectivity index (χ3n) is 3.88. The largest absolute Gasteiger partial charge is 0.469 e. The van der Waals surface area contributed by atoms with Crippen LogP contribution in [0, 0.1) is 5.41 Å². The summed E-state index contributed by atoms with van der Waals surface area (Å²) in [7, 11) is 1.41. The van der Waals surface area contributed by atoms with Crippen molar-refractivity contribution in [2.24, 2.45) is 5.41 Å². The molecule has 106 valence electrons. The van der Waals surface area contributed by atoms with E-state index in [2.05, 4.69) is 5.32 Å². The van der Waals surface area contributed by atoms with Crippen molar-refractivity contribution in [1.82, 2.24) is 5.32 Å². The number of benzene rings is 1. The van der Waals surface area contributed by atoms with Crippen molar-refractivity contribution in [3.05, 3.63) is 34.9 Å². The average Bonchev–Trinajstić information content (AvgIpc) is 2.35. The minimum atomic E-state index is -0.625. The molecule has 0 aliphatic heterocycles. The Morgan fingerprint density at radius 1 is 1.32 bits per heavy atom. The first-order valence-corrected chi connectivity index (χ1v) is 6.66. The van der Waals surface area contributed by atoms with E-state index < -0.39 is 11.0 Å². The minimum Gasteiger partial charge on any atom is -0.469 e. The lowest BCUT2D eigenvalue weighted by molar-refractivity contribution is -0.155. The van der Waals surface area contributed by atoms with Gasteiger partial charge >= 0.3 is 5.97 Å². The van der Waals surface area contributed by atoms with Crippen LogP contribution in [0.5, 0.6) is 0 Å². The molecular formula is C15H22ClNO2. The molecule has 0 saturated heterocycles. The maximum absolute atomic E-state index is 11.9. The molecule has 0 unspecified atom stereocenters. The zero-order valence-electron chi connectivity index (χ0n) is 12.2. The maximum Gasteiger partial charge on any atom is 0.313 e. The predicted octanol–water partition coefficient (Wildman–Crippen LogP) is 3.41. The molecule has 0 saturated carbocycles. The molecule has 0 amide bonds. The van der Waals surface area contributed by atoms with Gasteiger partial charge in [0.05, 0.1) is 12.5 Å². The first kappa shape index (κ1) is 16.0. The summed E-state index contributed by atoms with van der Waals surface area (Å²) in [5, 5.41) is 4.11. The molecule has 1 N–H and O–H groups in total. The monoisotopic (exact) mass is 283 g/mol. The van der Waals surface area contributed by atoms with E-state index >= 15 is 0 Å². The fourth-order valence-electron chi connectivity index (χ4n) is 1.70. The highest BCUT2D eigenvalue weighted by atomic mass is 35.5. The van der Waals surface area contributed by atoms with Gasteiger partial charge < -0.3 is 10.1 Å². The van der Waals surface area contributed by atoms with Crippen LogP contribution in [-0.4, -0.2) is 18.6 Å². The summed E-state index contributed by atoms with van der Waals surface area (Å²) >= 11 is 5.96. The van der Waals surface area contributed by atoms with Crippen molar-refractivity contribution in [1.29, 1.82) is 0 Å². The van der Waals surface area contributed by atoms with Gasteiger partial charge in [0.1, 0.15) is 0 Å². The first-order valence-electron chi connectivity index (χ1n) is 6.28. The number of carbonyl (C=O) groups is 1. The van der Waals surface area contributed by atoms with Gasteiger partial charge in [-0.2, -0.15) is 0 Å². The molecule has 0 heterocycles. The van der Waals surface area contributed by atoms with Gasteiger partial charge in [0, 0.05) is 17.1 Å². The number of hydrogen-bond acceptors (Lipinski definition) is 3. The molecule has 0 aromatic heterocycles. The van der Waals surface area contributed by atoms with E-state index in [-0.39, 0.29) is 5.97 Å². The molecule has 0 spiro atoms. The second-order valence-electron chi connectivity index (χ2n) is 5.73. The zero-order chi connectivity index (χ0) is 14.7. The zero-order valence-corrected chi connectivity index (χ0v) is 13.0. The summed E-state index contributed by atoms with van der Waals surface area (Å²) in [6.07, 6.45) is 0. The number of ether oxygens (including phenoxy) is 1. The number of hydrogen-bond donors (Lipinski definition) is 1. The molecule has 0 radical (unpaired) electrons. The number of rotatable bonds is 5. The Hall–Kier alpha value is -1.06. The fourth-order valence-corrected chi connectivity index (χ4v) is 1.91. The molecule has 4 heteroatoms. The van der Waals surface area contributed by atoms with Crippen molar-refractivity contribution < 1.29 is 9.53 Å². The van der Waals surface area contributed by atoms with E-state index in [0.29, 0.717) is 11.6 Å². The van der Waals surface area contributed by atoms with Gasteiger partial charge in [-0.05, 0) is 45.4 Å². The molecule has 0 atom stereocenters. The first-order chi connectivity index (χ1) is 8.70. The summed E-state index contributed by atoms with van der Waals surface area (Å²) in [5.41, 5.74) is 0.0594. The normalized spacial score (nSPS) is 12.3. The van der Waals surface area contributed by atoms with Crippen molar-refractivity contribution in [2.45, 2.75) is 39.8 Å². The number of halogens is 1.